The molecule has 8 heteroatoms. The summed E-state index contributed by atoms with van der Waals surface area (Å²) in [5.41, 5.74) is 3.22. The number of halogens is 1. The number of rotatable bonds is 7. The van der Waals surface area contributed by atoms with Crippen molar-refractivity contribution in [1.29, 1.82) is 0 Å². The molecule has 0 amide bonds. The van der Waals surface area contributed by atoms with Gasteiger partial charge in [0.15, 0.2) is 0 Å². The smallest absolute Gasteiger partial charge is 0.145 e. The minimum atomic E-state index is -0.361. The quantitative estimate of drug-likeness (QED) is 0.306. The molecule has 2 aliphatic rings. The van der Waals surface area contributed by atoms with Gasteiger partial charge in [0.1, 0.15) is 23.6 Å². The van der Waals surface area contributed by atoms with Crippen LogP contribution in [0.4, 0.5) is 11.6 Å². The van der Waals surface area contributed by atoms with Crippen LogP contribution >= 0.6 is 15.9 Å². The fraction of sp³-hybridized carbons (Fsp3) is 0.423. The van der Waals surface area contributed by atoms with Gasteiger partial charge in [-0.15, -0.1) is 0 Å². The summed E-state index contributed by atoms with van der Waals surface area (Å²) in [6, 6.07) is 11.4. The summed E-state index contributed by atoms with van der Waals surface area (Å²) in [5, 5.41) is 19.7. The van der Waals surface area contributed by atoms with Gasteiger partial charge >= 0.3 is 0 Å². The number of aromatic nitrogens is 4. The summed E-state index contributed by atoms with van der Waals surface area (Å²) in [4.78, 5) is 13.7. The van der Waals surface area contributed by atoms with Crippen molar-refractivity contribution >= 4 is 49.5 Å². The third kappa shape index (κ3) is 4.14. The molecular formula is C26H29BrN6O. The Morgan fingerprint density at radius 2 is 2.00 bits per heavy atom. The maximum Gasteiger partial charge on any atom is 0.145 e. The lowest BCUT2D eigenvalue weighted by Crippen LogP contribution is -2.17. The Labute approximate surface area is 207 Å². The van der Waals surface area contributed by atoms with E-state index in [9.17, 15) is 5.11 Å². The van der Waals surface area contributed by atoms with E-state index in [0.29, 0.717) is 12.0 Å². The van der Waals surface area contributed by atoms with Crippen molar-refractivity contribution in [3.05, 3.63) is 52.9 Å². The molecule has 2 saturated carbocycles. The van der Waals surface area contributed by atoms with Crippen LogP contribution in [0.15, 0.2) is 47.3 Å². The molecule has 1 aromatic carbocycles. The molecule has 34 heavy (non-hydrogen) atoms. The van der Waals surface area contributed by atoms with Gasteiger partial charge in [0.2, 0.25) is 0 Å². The molecule has 3 aromatic heterocycles. The van der Waals surface area contributed by atoms with E-state index < -0.39 is 0 Å². The standard InChI is InChI=1S/C26H29BrN6O/c1-28-24-19-8-9-33(26(19)30-14-29-24)22-11-16(12-23(22)34)3-2-15-4-5-17-13-20(27)25(31-18-6-7-18)32-21(17)10-15/h4-5,8-10,13-14,16,18,22-23,34H,2-3,6-7,11-12H2,1H3,(H,31,32)(H,28,29,30). The molecule has 0 saturated heterocycles. The van der Waals surface area contributed by atoms with Crippen LogP contribution in [0.5, 0.6) is 0 Å². The summed E-state index contributed by atoms with van der Waals surface area (Å²) < 4.78 is 3.16. The Morgan fingerprint density at radius 1 is 1.12 bits per heavy atom. The van der Waals surface area contributed by atoms with Crippen LogP contribution in [-0.2, 0) is 6.42 Å². The second kappa shape index (κ2) is 8.82. The Kier molecular flexibility index (Phi) is 5.65. The van der Waals surface area contributed by atoms with E-state index in [0.717, 1.165) is 63.7 Å². The second-order valence-corrected chi connectivity index (χ2v) is 10.6. The van der Waals surface area contributed by atoms with Crippen molar-refractivity contribution in [2.75, 3.05) is 17.7 Å². The number of hydrogen-bond acceptors (Lipinski definition) is 6. The molecule has 4 aromatic rings. The zero-order chi connectivity index (χ0) is 23.2. The molecule has 2 fully saturated rings. The molecule has 176 valence electrons. The molecule has 3 N–H and O–H groups in total. The van der Waals surface area contributed by atoms with Gasteiger partial charge in [0.05, 0.1) is 27.5 Å². The number of fused-ring (bicyclic) bond motifs is 2. The summed E-state index contributed by atoms with van der Waals surface area (Å²) >= 11 is 3.66. The van der Waals surface area contributed by atoms with Crippen LogP contribution in [0, 0.1) is 5.92 Å². The average molecular weight is 521 g/mol. The van der Waals surface area contributed by atoms with E-state index in [1.807, 2.05) is 19.3 Å². The van der Waals surface area contributed by atoms with Gasteiger partial charge in [0, 0.05) is 24.7 Å². The summed E-state index contributed by atoms with van der Waals surface area (Å²) in [5.74, 6) is 2.24. The molecule has 3 atom stereocenters. The van der Waals surface area contributed by atoms with Crippen LogP contribution in [0.2, 0.25) is 0 Å². The monoisotopic (exact) mass is 520 g/mol. The number of pyridine rings is 1. The number of aliphatic hydroxyl groups excluding tert-OH is 1. The first kappa shape index (κ1) is 21.8. The van der Waals surface area contributed by atoms with E-state index in [2.05, 4.69) is 65.4 Å². The molecule has 3 heterocycles. The number of nitrogens with one attached hydrogen (secondary N) is 2. The van der Waals surface area contributed by atoms with Crippen molar-refractivity contribution in [3.63, 3.8) is 0 Å². The van der Waals surface area contributed by atoms with Gasteiger partial charge in [-0.25, -0.2) is 15.0 Å². The van der Waals surface area contributed by atoms with Crippen LogP contribution in [0.1, 0.15) is 43.7 Å². The molecule has 7 nitrogen and oxygen atoms in total. The number of aryl methyl sites for hydroxylation is 1. The van der Waals surface area contributed by atoms with Crippen molar-refractivity contribution in [3.8, 4) is 0 Å². The van der Waals surface area contributed by atoms with E-state index in [1.165, 1.54) is 18.4 Å². The number of benzene rings is 1. The first-order chi connectivity index (χ1) is 16.6. The molecule has 0 spiro atoms. The third-order valence-electron chi connectivity index (χ3n) is 7.29. The Balaban J connectivity index is 1.16. The lowest BCUT2D eigenvalue weighted by molar-refractivity contribution is 0.136. The summed E-state index contributed by atoms with van der Waals surface area (Å²) in [6.45, 7) is 0. The Morgan fingerprint density at radius 3 is 2.82 bits per heavy atom. The second-order valence-electron chi connectivity index (χ2n) is 9.71. The maximum atomic E-state index is 10.9. The molecular weight excluding hydrogens is 492 g/mol. The van der Waals surface area contributed by atoms with Crippen molar-refractivity contribution < 1.29 is 5.11 Å². The highest BCUT2D eigenvalue weighted by Crippen LogP contribution is 2.39. The van der Waals surface area contributed by atoms with Gasteiger partial charge in [-0.1, -0.05) is 12.1 Å². The van der Waals surface area contributed by atoms with Crippen LogP contribution < -0.4 is 10.6 Å². The molecule has 0 bridgehead atoms. The van der Waals surface area contributed by atoms with Gasteiger partial charge in [0.25, 0.3) is 0 Å². The Hall–Kier alpha value is -2.71. The zero-order valence-electron chi connectivity index (χ0n) is 19.2. The Bertz CT molecular complexity index is 1350. The van der Waals surface area contributed by atoms with Crippen molar-refractivity contribution in [1.82, 2.24) is 19.5 Å². The van der Waals surface area contributed by atoms with E-state index in [1.54, 1.807) is 6.33 Å². The minimum absolute atomic E-state index is 0.0498. The number of hydrogen-bond donors (Lipinski definition) is 3. The average Bonchev–Trinajstić information content (AvgIpc) is 3.43. The first-order valence-electron chi connectivity index (χ1n) is 12.1. The fourth-order valence-corrected chi connectivity index (χ4v) is 5.75. The highest BCUT2D eigenvalue weighted by atomic mass is 79.9. The van der Waals surface area contributed by atoms with Crippen molar-refractivity contribution in [2.24, 2.45) is 5.92 Å². The van der Waals surface area contributed by atoms with E-state index >= 15 is 0 Å². The summed E-state index contributed by atoms with van der Waals surface area (Å²) in [6.07, 6.45) is 9.53. The van der Waals surface area contributed by atoms with Crippen LogP contribution in [0.25, 0.3) is 21.9 Å². The van der Waals surface area contributed by atoms with Gasteiger partial charge in [-0.2, -0.15) is 0 Å². The molecule has 0 radical (unpaired) electrons. The highest BCUT2D eigenvalue weighted by Gasteiger charge is 2.34. The highest BCUT2D eigenvalue weighted by molar-refractivity contribution is 9.10. The van der Waals surface area contributed by atoms with Gasteiger partial charge < -0.3 is 20.3 Å². The molecule has 3 unspecified atom stereocenters. The number of nitrogens with zero attached hydrogens (tertiary/aromatic N) is 4. The predicted molar refractivity (Wildman–Crippen MR) is 139 cm³/mol. The molecule has 2 aliphatic carbocycles. The molecule has 6 rings (SSSR count). The topological polar surface area (TPSA) is 87.9 Å². The van der Waals surface area contributed by atoms with Crippen molar-refractivity contribution in [2.45, 2.75) is 56.7 Å². The van der Waals surface area contributed by atoms with Gasteiger partial charge in [-0.3, -0.25) is 0 Å². The fourth-order valence-electron chi connectivity index (χ4n) is 5.30. The van der Waals surface area contributed by atoms with Gasteiger partial charge in [-0.05, 0) is 84.1 Å². The first-order valence-corrected chi connectivity index (χ1v) is 12.9. The lowest BCUT2D eigenvalue weighted by atomic mass is 9.97. The van der Waals surface area contributed by atoms with E-state index in [4.69, 9.17) is 4.98 Å². The minimum Gasteiger partial charge on any atom is -0.391 e. The third-order valence-corrected chi connectivity index (χ3v) is 7.90. The summed E-state index contributed by atoms with van der Waals surface area (Å²) in [7, 11) is 1.87. The normalized spacial score (nSPS) is 22.5. The van der Waals surface area contributed by atoms with Crippen LogP contribution in [0.3, 0.4) is 0 Å². The van der Waals surface area contributed by atoms with E-state index in [-0.39, 0.29) is 12.1 Å². The lowest BCUT2D eigenvalue weighted by Gasteiger charge is -2.17. The number of anilines is 2. The zero-order valence-corrected chi connectivity index (χ0v) is 20.8. The largest absolute Gasteiger partial charge is 0.391 e. The molecule has 0 aliphatic heterocycles. The predicted octanol–water partition coefficient (Wildman–Crippen LogP) is 5.30. The maximum absolute atomic E-state index is 10.9. The number of aliphatic hydroxyl groups is 1. The SMILES string of the molecule is CNc1ncnc2c1ccn2C1CC(CCc2ccc3cc(Br)c(NC4CC4)nc3c2)CC1O. The van der Waals surface area contributed by atoms with Crippen LogP contribution in [-0.4, -0.2) is 43.8 Å².